The number of unbranched alkanes of at least 4 members (excludes halogenated alkanes) is 3. The zero-order chi connectivity index (χ0) is 15.0. The summed E-state index contributed by atoms with van der Waals surface area (Å²) in [5, 5.41) is 3.42. The van der Waals surface area contributed by atoms with Crippen molar-refractivity contribution in [3.05, 3.63) is 53.4 Å². The largest absolute Gasteiger partial charge is 0.136 e. The molecule has 0 saturated heterocycles. The molecule has 0 nitrogen and oxygen atoms in total. The predicted octanol–water partition coefficient (Wildman–Crippen LogP) is 5.69. The maximum Gasteiger partial charge on any atom is 0.136 e. The Morgan fingerprint density at radius 2 is 1.81 bits per heavy atom. The molecule has 0 aromatic heterocycles. The lowest BCUT2D eigenvalue weighted by Gasteiger charge is -2.28. The molecule has 0 aliphatic carbocycles. The summed E-state index contributed by atoms with van der Waals surface area (Å²) in [4.78, 5) is 0. The van der Waals surface area contributed by atoms with Crippen LogP contribution in [0.25, 0.3) is 0 Å². The summed E-state index contributed by atoms with van der Waals surface area (Å²) >= 11 is 0. The van der Waals surface area contributed by atoms with Crippen LogP contribution in [0.15, 0.2) is 53.4 Å². The summed E-state index contributed by atoms with van der Waals surface area (Å²) < 4.78 is 0. The zero-order valence-corrected chi connectivity index (χ0v) is 14.8. The van der Waals surface area contributed by atoms with Crippen molar-refractivity contribution in [3.63, 3.8) is 0 Å². The standard InChI is InChI=1S/C20H30Si/c1-3-5-7-11-17-21(20-14-9-8-10-15-20)18-12-16-19(21)13-6-4-2/h8-11,14-17H,3-7,12-13,18H2,1-2H3/b17-11-. The molecule has 0 bridgehead atoms. The Morgan fingerprint density at radius 3 is 2.52 bits per heavy atom. The van der Waals surface area contributed by atoms with Crippen LogP contribution in [0.5, 0.6) is 0 Å². The van der Waals surface area contributed by atoms with Crippen molar-refractivity contribution in [1.82, 2.24) is 0 Å². The molecule has 1 aliphatic rings. The minimum atomic E-state index is -1.54. The Morgan fingerprint density at radius 1 is 1.05 bits per heavy atom. The van der Waals surface area contributed by atoms with Gasteiger partial charge in [-0.15, -0.1) is 0 Å². The molecule has 21 heavy (non-hydrogen) atoms. The van der Waals surface area contributed by atoms with Crippen molar-refractivity contribution >= 4 is 13.3 Å². The summed E-state index contributed by atoms with van der Waals surface area (Å²) in [6.07, 6.45) is 14.2. The fourth-order valence-electron chi connectivity index (χ4n) is 3.47. The van der Waals surface area contributed by atoms with E-state index in [0.717, 1.165) is 0 Å². The van der Waals surface area contributed by atoms with Crippen molar-refractivity contribution in [2.45, 2.75) is 64.8 Å². The van der Waals surface area contributed by atoms with Gasteiger partial charge in [0, 0.05) is 0 Å². The predicted molar refractivity (Wildman–Crippen MR) is 97.5 cm³/mol. The highest BCUT2D eigenvalue weighted by molar-refractivity contribution is 7.02. The minimum absolute atomic E-state index is 1.25. The van der Waals surface area contributed by atoms with Gasteiger partial charge < -0.3 is 0 Å². The summed E-state index contributed by atoms with van der Waals surface area (Å²) in [6.45, 7) is 4.58. The molecule has 1 atom stereocenters. The highest BCUT2D eigenvalue weighted by Crippen LogP contribution is 2.34. The van der Waals surface area contributed by atoms with Gasteiger partial charge in [-0.2, -0.15) is 0 Å². The van der Waals surface area contributed by atoms with Crippen molar-refractivity contribution < 1.29 is 0 Å². The van der Waals surface area contributed by atoms with E-state index in [9.17, 15) is 0 Å². The lowest BCUT2D eigenvalue weighted by molar-refractivity contribution is 0.804. The van der Waals surface area contributed by atoms with Gasteiger partial charge in [0.2, 0.25) is 0 Å². The number of allylic oxidation sites excluding steroid dienone is 3. The van der Waals surface area contributed by atoms with Gasteiger partial charge in [0.15, 0.2) is 0 Å². The molecule has 0 saturated carbocycles. The van der Waals surface area contributed by atoms with E-state index < -0.39 is 8.07 Å². The second-order valence-electron chi connectivity index (χ2n) is 6.25. The fourth-order valence-corrected chi connectivity index (χ4v) is 8.11. The minimum Gasteiger partial charge on any atom is -0.0917 e. The molecule has 0 amide bonds. The second kappa shape index (κ2) is 8.38. The van der Waals surface area contributed by atoms with E-state index >= 15 is 0 Å². The first kappa shape index (κ1) is 16.3. The number of hydrogen-bond acceptors (Lipinski definition) is 0. The molecule has 1 aliphatic heterocycles. The third-order valence-corrected chi connectivity index (χ3v) is 9.56. The Bertz CT molecular complexity index is 472. The Balaban J connectivity index is 2.26. The van der Waals surface area contributed by atoms with Gasteiger partial charge in [-0.3, -0.25) is 0 Å². The van der Waals surface area contributed by atoms with Crippen LogP contribution in [0, 0.1) is 0 Å². The maximum atomic E-state index is 2.66. The summed E-state index contributed by atoms with van der Waals surface area (Å²) in [6, 6.07) is 12.7. The van der Waals surface area contributed by atoms with Crippen LogP contribution in [-0.2, 0) is 0 Å². The molecular weight excluding hydrogens is 268 g/mol. The van der Waals surface area contributed by atoms with E-state index in [1.807, 2.05) is 0 Å². The van der Waals surface area contributed by atoms with Gasteiger partial charge in [0.1, 0.15) is 8.07 Å². The first-order valence-corrected chi connectivity index (χ1v) is 11.0. The van der Waals surface area contributed by atoms with Crippen LogP contribution in [0.4, 0.5) is 0 Å². The topological polar surface area (TPSA) is 0 Å². The Kier molecular flexibility index (Phi) is 6.50. The molecule has 114 valence electrons. The SMILES string of the molecule is CCCC/C=C\[Si]1(c2ccccc2)CCC=C1CCCC. The van der Waals surface area contributed by atoms with Crippen molar-refractivity contribution in [2.24, 2.45) is 0 Å². The lowest BCUT2D eigenvalue weighted by Crippen LogP contribution is -2.46. The molecular formula is C20H30Si. The van der Waals surface area contributed by atoms with E-state index in [1.54, 1.807) is 10.4 Å². The molecule has 0 spiro atoms. The lowest BCUT2D eigenvalue weighted by atomic mass is 10.2. The summed E-state index contributed by atoms with van der Waals surface area (Å²) in [5.41, 5.74) is 2.66. The molecule has 2 rings (SSSR count). The van der Waals surface area contributed by atoms with E-state index in [2.05, 4.69) is 62.0 Å². The molecule has 1 aromatic rings. The van der Waals surface area contributed by atoms with Crippen LogP contribution < -0.4 is 5.19 Å². The van der Waals surface area contributed by atoms with Crippen molar-refractivity contribution in [1.29, 1.82) is 0 Å². The average Bonchev–Trinajstić information content (AvgIpc) is 2.94. The smallest absolute Gasteiger partial charge is 0.0917 e. The monoisotopic (exact) mass is 298 g/mol. The maximum absolute atomic E-state index is 2.66. The number of rotatable bonds is 8. The molecule has 1 unspecified atom stereocenters. The third kappa shape index (κ3) is 3.97. The highest BCUT2D eigenvalue weighted by atomic mass is 28.3. The Hall–Kier alpha value is -1.08. The van der Waals surface area contributed by atoms with Crippen LogP contribution in [-0.4, -0.2) is 8.07 Å². The average molecular weight is 299 g/mol. The van der Waals surface area contributed by atoms with Gasteiger partial charge in [-0.05, 0) is 25.3 Å². The van der Waals surface area contributed by atoms with E-state index in [0.29, 0.717) is 0 Å². The van der Waals surface area contributed by atoms with Gasteiger partial charge in [-0.25, -0.2) is 0 Å². The van der Waals surface area contributed by atoms with Gasteiger partial charge in [-0.1, -0.05) is 98.1 Å². The van der Waals surface area contributed by atoms with Crippen molar-refractivity contribution in [3.8, 4) is 0 Å². The molecule has 1 heteroatoms. The van der Waals surface area contributed by atoms with E-state index in [4.69, 9.17) is 0 Å². The molecule has 0 fully saturated rings. The van der Waals surface area contributed by atoms with Crippen LogP contribution in [0.3, 0.4) is 0 Å². The Labute approximate surface area is 132 Å². The van der Waals surface area contributed by atoms with Crippen LogP contribution in [0.2, 0.25) is 6.04 Å². The van der Waals surface area contributed by atoms with E-state index in [-0.39, 0.29) is 0 Å². The first-order chi connectivity index (χ1) is 10.3. The van der Waals surface area contributed by atoms with Crippen molar-refractivity contribution in [2.75, 3.05) is 0 Å². The third-order valence-electron chi connectivity index (χ3n) is 4.72. The molecule has 1 aromatic carbocycles. The number of benzene rings is 1. The van der Waals surface area contributed by atoms with Gasteiger partial charge >= 0.3 is 0 Å². The van der Waals surface area contributed by atoms with Crippen LogP contribution >= 0.6 is 0 Å². The first-order valence-electron chi connectivity index (χ1n) is 8.76. The van der Waals surface area contributed by atoms with Gasteiger partial charge in [0.05, 0.1) is 0 Å². The van der Waals surface area contributed by atoms with E-state index in [1.165, 1.54) is 51.0 Å². The fraction of sp³-hybridized carbons (Fsp3) is 0.500. The van der Waals surface area contributed by atoms with Gasteiger partial charge in [0.25, 0.3) is 0 Å². The quantitative estimate of drug-likeness (QED) is 0.427. The molecule has 0 N–H and O–H groups in total. The summed E-state index contributed by atoms with van der Waals surface area (Å²) in [5.74, 6) is 0. The molecule has 1 heterocycles. The second-order valence-corrected chi connectivity index (χ2v) is 10.2. The summed E-state index contributed by atoms with van der Waals surface area (Å²) in [7, 11) is -1.54. The van der Waals surface area contributed by atoms with Crippen LogP contribution in [0.1, 0.15) is 58.8 Å². The normalized spacial score (nSPS) is 21.9. The zero-order valence-electron chi connectivity index (χ0n) is 13.8. The highest BCUT2D eigenvalue weighted by Gasteiger charge is 2.38. The molecule has 0 radical (unpaired) electrons. The number of hydrogen-bond donors (Lipinski definition) is 0.